The lowest BCUT2D eigenvalue weighted by Crippen LogP contribution is -2.39. The van der Waals surface area contributed by atoms with Crippen molar-refractivity contribution in [2.24, 2.45) is 5.73 Å². The fourth-order valence-corrected chi connectivity index (χ4v) is 3.03. The number of esters is 1. The first-order valence-corrected chi connectivity index (χ1v) is 9.94. The van der Waals surface area contributed by atoms with Crippen LogP contribution in [0.2, 0.25) is 5.02 Å². The lowest BCUT2D eigenvalue weighted by molar-refractivity contribution is -0.153. The number of benzene rings is 2. The van der Waals surface area contributed by atoms with Crippen LogP contribution in [0.3, 0.4) is 0 Å². The lowest BCUT2D eigenvalue weighted by Gasteiger charge is -2.27. The van der Waals surface area contributed by atoms with Crippen molar-refractivity contribution in [2.75, 3.05) is 6.61 Å². The zero-order valence-electron chi connectivity index (χ0n) is 17.0. The predicted octanol–water partition coefficient (Wildman–Crippen LogP) is 3.42. The second-order valence-electron chi connectivity index (χ2n) is 7.08. The van der Waals surface area contributed by atoms with Crippen LogP contribution in [-0.2, 0) is 20.9 Å². The highest BCUT2D eigenvalue weighted by Crippen LogP contribution is 2.20. The van der Waals surface area contributed by atoms with E-state index in [1.165, 1.54) is 0 Å². The number of nitrogens with one attached hydrogen (secondary N) is 1. The minimum absolute atomic E-state index is 0.0604. The summed E-state index contributed by atoms with van der Waals surface area (Å²) in [6.07, 6.45) is -0.168. The zero-order chi connectivity index (χ0) is 22.1. The molecule has 2 aromatic carbocycles. The highest BCUT2D eigenvalue weighted by atomic mass is 35.5. The van der Waals surface area contributed by atoms with Crippen LogP contribution in [0, 0.1) is 0 Å². The van der Waals surface area contributed by atoms with Crippen molar-refractivity contribution in [1.29, 1.82) is 0 Å². The number of amides is 3. The van der Waals surface area contributed by atoms with E-state index in [1.54, 1.807) is 29.2 Å². The highest BCUT2D eigenvalue weighted by molar-refractivity contribution is 6.30. The fraction of sp³-hybridized carbons (Fsp3) is 0.318. The maximum atomic E-state index is 12.6. The third-order valence-electron chi connectivity index (χ3n) is 4.46. The average molecular weight is 432 g/mol. The quantitative estimate of drug-likeness (QED) is 0.594. The summed E-state index contributed by atoms with van der Waals surface area (Å²) in [4.78, 5) is 37.9. The van der Waals surface area contributed by atoms with E-state index in [1.807, 2.05) is 44.2 Å². The summed E-state index contributed by atoms with van der Waals surface area (Å²) >= 11 is 5.88. The molecule has 2 aromatic rings. The molecule has 0 bridgehead atoms. The van der Waals surface area contributed by atoms with Gasteiger partial charge in [0.15, 0.2) is 6.61 Å². The number of halogens is 1. The van der Waals surface area contributed by atoms with Gasteiger partial charge in [0.2, 0.25) is 0 Å². The van der Waals surface area contributed by atoms with Crippen molar-refractivity contribution < 1.29 is 19.1 Å². The summed E-state index contributed by atoms with van der Waals surface area (Å²) in [6.45, 7) is 3.84. The van der Waals surface area contributed by atoms with Gasteiger partial charge in [-0.25, -0.2) is 4.79 Å². The summed E-state index contributed by atoms with van der Waals surface area (Å²) < 4.78 is 5.18. The first-order valence-electron chi connectivity index (χ1n) is 9.56. The molecule has 2 rings (SSSR count). The second kappa shape index (κ2) is 11.2. The number of carbonyl (C=O) groups is 3. The van der Waals surface area contributed by atoms with E-state index in [2.05, 4.69) is 5.32 Å². The fourth-order valence-electron chi connectivity index (χ4n) is 2.91. The summed E-state index contributed by atoms with van der Waals surface area (Å²) in [5.74, 6) is -0.923. The Morgan fingerprint density at radius 1 is 1.07 bits per heavy atom. The van der Waals surface area contributed by atoms with E-state index in [4.69, 9.17) is 22.1 Å². The Labute approximate surface area is 181 Å². The Bertz CT molecular complexity index is 856. The van der Waals surface area contributed by atoms with E-state index < -0.39 is 18.0 Å². The molecule has 0 aliphatic rings. The number of rotatable bonds is 9. The Balaban J connectivity index is 1.96. The lowest BCUT2D eigenvalue weighted by atomic mass is 10.0. The number of nitrogens with zero attached hydrogens (tertiary/aromatic N) is 1. The summed E-state index contributed by atoms with van der Waals surface area (Å²) in [6, 6.07) is 14.7. The molecule has 160 valence electrons. The Hall–Kier alpha value is -3.06. The van der Waals surface area contributed by atoms with Gasteiger partial charge in [-0.05, 0) is 37.1 Å². The van der Waals surface area contributed by atoms with Gasteiger partial charge < -0.3 is 20.7 Å². The maximum Gasteiger partial charge on any atom is 0.312 e. The second-order valence-corrected chi connectivity index (χ2v) is 7.51. The zero-order valence-corrected chi connectivity index (χ0v) is 17.8. The molecule has 0 radical (unpaired) electrons. The number of nitrogens with two attached hydrogens (primary N) is 1. The Morgan fingerprint density at radius 3 is 2.27 bits per heavy atom. The first kappa shape index (κ1) is 23.2. The van der Waals surface area contributed by atoms with Crippen LogP contribution >= 0.6 is 11.6 Å². The SMILES string of the molecule is CC(C)N(Cc1ccccc1)C(=O)COC(=O)C[C@H](NC(N)=O)c1ccc(Cl)cc1. The third kappa shape index (κ3) is 7.40. The van der Waals surface area contributed by atoms with Gasteiger partial charge in [-0.1, -0.05) is 54.1 Å². The molecule has 0 spiro atoms. The van der Waals surface area contributed by atoms with Gasteiger partial charge in [-0.3, -0.25) is 9.59 Å². The van der Waals surface area contributed by atoms with Crippen LogP contribution in [0.1, 0.15) is 37.4 Å². The van der Waals surface area contributed by atoms with Crippen LogP contribution < -0.4 is 11.1 Å². The van der Waals surface area contributed by atoms with Crippen LogP contribution in [0.25, 0.3) is 0 Å². The number of hydrogen-bond donors (Lipinski definition) is 2. The van der Waals surface area contributed by atoms with Crippen molar-refractivity contribution in [3.63, 3.8) is 0 Å². The average Bonchev–Trinajstić information content (AvgIpc) is 2.70. The summed E-state index contributed by atoms with van der Waals surface area (Å²) in [5, 5.41) is 3.03. The molecule has 3 amide bonds. The van der Waals surface area contributed by atoms with E-state index in [9.17, 15) is 14.4 Å². The molecule has 0 unspecified atom stereocenters. The van der Waals surface area contributed by atoms with Crippen LogP contribution in [-0.4, -0.2) is 35.5 Å². The molecule has 8 heteroatoms. The topological polar surface area (TPSA) is 102 Å². The van der Waals surface area contributed by atoms with Gasteiger partial charge in [-0.15, -0.1) is 0 Å². The third-order valence-corrected chi connectivity index (χ3v) is 4.71. The van der Waals surface area contributed by atoms with Gasteiger partial charge in [0.25, 0.3) is 5.91 Å². The van der Waals surface area contributed by atoms with Gasteiger partial charge in [-0.2, -0.15) is 0 Å². The molecule has 0 fully saturated rings. The van der Waals surface area contributed by atoms with Crippen molar-refractivity contribution in [1.82, 2.24) is 10.2 Å². The minimum Gasteiger partial charge on any atom is -0.455 e. The molecule has 0 saturated carbocycles. The molecule has 0 aromatic heterocycles. The first-order chi connectivity index (χ1) is 14.3. The summed E-state index contributed by atoms with van der Waals surface area (Å²) in [5.41, 5.74) is 6.85. The van der Waals surface area contributed by atoms with Crippen LogP contribution in [0.4, 0.5) is 4.79 Å². The summed E-state index contributed by atoms with van der Waals surface area (Å²) in [7, 11) is 0. The highest BCUT2D eigenvalue weighted by Gasteiger charge is 2.22. The molecule has 7 nitrogen and oxygen atoms in total. The van der Waals surface area contributed by atoms with Crippen molar-refractivity contribution in [2.45, 2.75) is 38.9 Å². The molecule has 0 aliphatic carbocycles. The Morgan fingerprint density at radius 2 is 1.70 bits per heavy atom. The van der Waals surface area contributed by atoms with Gasteiger partial charge in [0.05, 0.1) is 12.5 Å². The molecular formula is C22H26ClN3O4. The van der Waals surface area contributed by atoms with Gasteiger partial charge >= 0.3 is 12.0 Å². The van der Waals surface area contributed by atoms with Crippen molar-refractivity contribution in [3.05, 3.63) is 70.7 Å². The number of ether oxygens (including phenoxy) is 1. The molecule has 1 atom stereocenters. The molecule has 3 N–H and O–H groups in total. The van der Waals surface area contributed by atoms with Crippen molar-refractivity contribution >= 4 is 29.5 Å². The maximum absolute atomic E-state index is 12.6. The molecule has 0 heterocycles. The molecular weight excluding hydrogens is 406 g/mol. The number of urea groups is 1. The molecule has 0 aliphatic heterocycles. The van der Waals surface area contributed by atoms with Gasteiger partial charge in [0.1, 0.15) is 0 Å². The smallest absolute Gasteiger partial charge is 0.312 e. The normalized spacial score (nSPS) is 11.6. The van der Waals surface area contributed by atoms with E-state index >= 15 is 0 Å². The largest absolute Gasteiger partial charge is 0.455 e. The monoisotopic (exact) mass is 431 g/mol. The van der Waals surface area contributed by atoms with Crippen LogP contribution in [0.15, 0.2) is 54.6 Å². The van der Waals surface area contributed by atoms with Crippen LogP contribution in [0.5, 0.6) is 0 Å². The standard InChI is InChI=1S/C22H26ClN3O4/c1-15(2)26(13-16-6-4-3-5-7-16)20(27)14-30-21(28)12-19(25-22(24)29)17-8-10-18(23)11-9-17/h3-11,15,19H,12-14H2,1-2H3,(H3,24,25,29)/t19-/m0/s1. The molecule has 0 saturated heterocycles. The number of hydrogen-bond acceptors (Lipinski definition) is 4. The molecule has 30 heavy (non-hydrogen) atoms. The van der Waals surface area contributed by atoms with E-state index in [0.29, 0.717) is 17.1 Å². The van der Waals surface area contributed by atoms with E-state index in [-0.39, 0.29) is 25.0 Å². The van der Waals surface area contributed by atoms with Gasteiger partial charge in [0, 0.05) is 17.6 Å². The number of carbonyl (C=O) groups excluding carboxylic acids is 3. The Kier molecular flexibility index (Phi) is 8.68. The minimum atomic E-state index is -0.771. The van der Waals surface area contributed by atoms with Crippen molar-refractivity contribution in [3.8, 4) is 0 Å². The number of primary amides is 1. The van der Waals surface area contributed by atoms with E-state index in [0.717, 1.165) is 5.56 Å². The predicted molar refractivity (Wildman–Crippen MR) is 115 cm³/mol.